The third-order valence-corrected chi connectivity index (χ3v) is 4.66. The molecule has 31 heavy (non-hydrogen) atoms. The molecule has 164 valence electrons. The monoisotopic (exact) mass is 443 g/mol. The third-order valence-electron chi connectivity index (χ3n) is 4.57. The van der Waals surface area contributed by atoms with Crippen LogP contribution in [-0.4, -0.2) is 69.5 Å². The Morgan fingerprint density at radius 1 is 1.00 bits per heavy atom. The van der Waals surface area contributed by atoms with E-state index >= 15 is 0 Å². The molecule has 1 atom stereocenters. The normalized spacial score (nSPS) is 11.6. The first kappa shape index (κ1) is 24.2. The second-order valence-electron chi connectivity index (χ2n) is 7.10. The maximum absolute atomic E-state index is 11.2. The van der Waals surface area contributed by atoms with Crippen LogP contribution in [0.3, 0.4) is 0 Å². The van der Waals surface area contributed by atoms with E-state index in [-0.39, 0.29) is 31.4 Å². The topological polar surface area (TPSA) is 122 Å². The number of benzene rings is 2. The largest absolute Gasteiger partial charge is 0.508 e. The van der Waals surface area contributed by atoms with Crippen LogP contribution >= 0.6 is 12.2 Å². The van der Waals surface area contributed by atoms with E-state index in [0.29, 0.717) is 25.1 Å². The van der Waals surface area contributed by atoms with E-state index in [1.807, 2.05) is 36.4 Å². The predicted octanol–water partition coefficient (Wildman–Crippen LogP) is 2.34. The van der Waals surface area contributed by atoms with E-state index in [1.54, 1.807) is 12.1 Å². The molecule has 0 bridgehead atoms. The third kappa shape index (κ3) is 9.50. The zero-order chi connectivity index (χ0) is 22.6. The van der Waals surface area contributed by atoms with Crippen LogP contribution in [0.5, 0.6) is 5.75 Å². The van der Waals surface area contributed by atoms with Gasteiger partial charge in [-0.15, -0.1) is 0 Å². The summed E-state index contributed by atoms with van der Waals surface area (Å²) in [7, 11) is 0. The lowest BCUT2D eigenvalue weighted by Gasteiger charge is -2.26. The van der Waals surface area contributed by atoms with Crippen molar-refractivity contribution in [2.45, 2.75) is 18.9 Å². The first-order valence-corrected chi connectivity index (χ1v) is 10.1. The lowest BCUT2D eigenvalue weighted by atomic mass is 10.0. The van der Waals surface area contributed by atoms with Crippen LogP contribution in [0.1, 0.15) is 11.1 Å². The molecule has 0 aliphatic rings. The molecule has 0 amide bonds. The van der Waals surface area contributed by atoms with Crippen molar-refractivity contribution < 1.29 is 24.9 Å². The van der Waals surface area contributed by atoms with Crippen molar-refractivity contribution in [1.82, 2.24) is 10.2 Å². The molecule has 0 aromatic heterocycles. The molecule has 2 aromatic carbocycles. The van der Waals surface area contributed by atoms with E-state index in [4.69, 9.17) is 10.2 Å². The van der Waals surface area contributed by atoms with Crippen molar-refractivity contribution in [3.63, 3.8) is 0 Å². The molecule has 4 N–H and O–H groups in total. The molecule has 2 aromatic rings. The summed E-state index contributed by atoms with van der Waals surface area (Å²) in [6.45, 7) is 0.153. The van der Waals surface area contributed by atoms with Gasteiger partial charge in [0, 0.05) is 12.6 Å². The zero-order valence-electron chi connectivity index (χ0n) is 16.9. The molecule has 0 radical (unpaired) electrons. The van der Waals surface area contributed by atoms with E-state index in [0.717, 1.165) is 11.1 Å². The van der Waals surface area contributed by atoms with Gasteiger partial charge in [0.05, 0.1) is 23.9 Å². The van der Waals surface area contributed by atoms with Gasteiger partial charge in [0.1, 0.15) is 5.75 Å². The summed E-state index contributed by atoms with van der Waals surface area (Å²) >= 11 is 4.61. The van der Waals surface area contributed by atoms with Crippen LogP contribution in [0.2, 0.25) is 0 Å². The summed E-state index contributed by atoms with van der Waals surface area (Å²) in [5, 5.41) is 33.4. The van der Waals surface area contributed by atoms with E-state index in [1.165, 1.54) is 4.90 Å². The fraction of sp³-hybridized carbons (Fsp3) is 0.318. The van der Waals surface area contributed by atoms with Crippen molar-refractivity contribution >= 4 is 35.0 Å². The van der Waals surface area contributed by atoms with Gasteiger partial charge in [-0.2, -0.15) is 4.99 Å². The van der Waals surface area contributed by atoms with Crippen LogP contribution in [-0.2, 0) is 22.4 Å². The fourth-order valence-electron chi connectivity index (χ4n) is 3.21. The van der Waals surface area contributed by atoms with Crippen LogP contribution in [0.15, 0.2) is 53.5 Å². The van der Waals surface area contributed by atoms with Crippen molar-refractivity contribution in [2.75, 3.05) is 26.2 Å². The van der Waals surface area contributed by atoms with Gasteiger partial charge in [-0.3, -0.25) is 14.5 Å². The summed E-state index contributed by atoms with van der Waals surface area (Å²) < 4.78 is 0. The van der Waals surface area contributed by atoms with Gasteiger partial charge in [-0.05, 0) is 67.0 Å². The van der Waals surface area contributed by atoms with Gasteiger partial charge in [-0.1, -0.05) is 24.3 Å². The zero-order valence-corrected chi connectivity index (χ0v) is 17.7. The van der Waals surface area contributed by atoms with Crippen molar-refractivity contribution in [3.8, 4) is 5.75 Å². The molecule has 8 nitrogen and oxygen atoms in total. The summed E-state index contributed by atoms with van der Waals surface area (Å²) in [5.41, 5.74) is 2.73. The Morgan fingerprint density at radius 3 is 2.13 bits per heavy atom. The number of aliphatic imine (C=N–C) groups is 1. The molecule has 2 rings (SSSR count). The van der Waals surface area contributed by atoms with E-state index < -0.39 is 11.9 Å². The maximum Gasteiger partial charge on any atom is 0.317 e. The second-order valence-corrected chi connectivity index (χ2v) is 7.28. The number of aliphatic carboxylic acids is 2. The Labute approximate surface area is 185 Å². The number of nitrogens with one attached hydrogen (secondary N) is 1. The summed E-state index contributed by atoms with van der Waals surface area (Å²) in [6.07, 6.45) is 1.28. The smallest absolute Gasteiger partial charge is 0.317 e. The Morgan fingerprint density at radius 2 is 1.58 bits per heavy atom. The lowest BCUT2D eigenvalue weighted by molar-refractivity contribution is -0.141. The van der Waals surface area contributed by atoms with Gasteiger partial charge in [0.15, 0.2) is 0 Å². The molecule has 9 heteroatoms. The molecule has 0 saturated carbocycles. The number of hydrogen-bond acceptors (Lipinski definition) is 7. The number of rotatable bonds is 13. The second kappa shape index (κ2) is 12.6. The highest BCUT2D eigenvalue weighted by Crippen LogP contribution is 2.14. The number of aromatic hydroxyl groups is 1. The van der Waals surface area contributed by atoms with Crippen LogP contribution < -0.4 is 5.32 Å². The first-order chi connectivity index (χ1) is 14.9. The maximum atomic E-state index is 11.2. The molecule has 1 unspecified atom stereocenters. The van der Waals surface area contributed by atoms with Crippen molar-refractivity contribution in [1.29, 1.82) is 0 Å². The Kier molecular flexibility index (Phi) is 9.80. The summed E-state index contributed by atoms with van der Waals surface area (Å²) in [6, 6.07) is 14.2. The average molecular weight is 444 g/mol. The SMILES string of the molecule is O=C(O)CN(CC(=O)O)CC(Cc1ccc(N=C=S)cc1)NCCc1ccc(O)cc1. The molecule has 0 heterocycles. The Hall–Kier alpha value is -3.10. The summed E-state index contributed by atoms with van der Waals surface area (Å²) in [5.74, 6) is -1.95. The van der Waals surface area contributed by atoms with Gasteiger partial charge in [0.25, 0.3) is 0 Å². The van der Waals surface area contributed by atoms with Gasteiger partial charge < -0.3 is 20.6 Å². The number of carboxylic acid groups (broad SMARTS) is 2. The minimum Gasteiger partial charge on any atom is -0.508 e. The first-order valence-electron chi connectivity index (χ1n) is 9.69. The molecule has 0 saturated heterocycles. The number of thiocarbonyl (C=S) groups is 1. The van der Waals surface area contributed by atoms with Crippen molar-refractivity contribution in [2.24, 2.45) is 4.99 Å². The van der Waals surface area contributed by atoms with Gasteiger partial charge in [0.2, 0.25) is 0 Å². The van der Waals surface area contributed by atoms with Gasteiger partial charge in [-0.25, -0.2) is 0 Å². The number of carbonyl (C=O) groups is 2. The minimum absolute atomic E-state index is 0.171. The number of nitrogens with zero attached hydrogens (tertiary/aromatic N) is 2. The van der Waals surface area contributed by atoms with Crippen LogP contribution in [0.25, 0.3) is 0 Å². The molecule has 0 fully saturated rings. The molecular formula is C22H25N3O5S. The minimum atomic E-state index is -1.08. The van der Waals surface area contributed by atoms with Crippen molar-refractivity contribution in [3.05, 3.63) is 59.7 Å². The molecule has 0 spiro atoms. The lowest BCUT2D eigenvalue weighted by Crippen LogP contribution is -2.46. The number of carboxylic acids is 2. The standard InChI is InChI=1S/C22H25N3O5S/c26-20-7-3-16(4-8-20)9-10-23-19(12-25(13-21(27)28)14-22(29)30)11-17-1-5-18(6-2-17)24-15-31/h1-8,19,23,26H,9-14H2,(H,27,28)(H,29,30). The summed E-state index contributed by atoms with van der Waals surface area (Å²) in [4.78, 5) is 27.6. The quantitative estimate of drug-likeness (QED) is 0.275. The fourth-order valence-corrected chi connectivity index (χ4v) is 3.31. The Bertz CT molecular complexity index is 896. The van der Waals surface area contributed by atoms with Crippen LogP contribution in [0.4, 0.5) is 5.69 Å². The molecule has 0 aliphatic heterocycles. The predicted molar refractivity (Wildman–Crippen MR) is 120 cm³/mol. The number of isothiocyanates is 1. The van der Waals surface area contributed by atoms with E-state index in [2.05, 4.69) is 27.7 Å². The molecular weight excluding hydrogens is 418 g/mol. The number of phenols is 1. The number of hydrogen-bond donors (Lipinski definition) is 4. The Balaban J connectivity index is 2.07. The highest BCUT2D eigenvalue weighted by molar-refractivity contribution is 7.78. The molecule has 0 aliphatic carbocycles. The van der Waals surface area contributed by atoms with Crippen LogP contribution in [0, 0.1) is 0 Å². The number of phenolic OH excluding ortho intramolecular Hbond substituents is 1. The highest BCUT2D eigenvalue weighted by Gasteiger charge is 2.19. The average Bonchev–Trinajstić information content (AvgIpc) is 2.70. The highest BCUT2D eigenvalue weighted by atomic mass is 32.1. The van der Waals surface area contributed by atoms with Gasteiger partial charge >= 0.3 is 11.9 Å². The van der Waals surface area contributed by atoms with E-state index in [9.17, 15) is 14.7 Å².